The molecule has 110 valence electrons. The molecule has 0 radical (unpaired) electrons. The molecule has 1 atom stereocenters. The van der Waals surface area contributed by atoms with Crippen molar-refractivity contribution in [3.8, 4) is 0 Å². The Morgan fingerprint density at radius 2 is 1.43 bits per heavy atom. The number of aliphatic hydroxyl groups is 1. The highest BCUT2D eigenvalue weighted by molar-refractivity contribution is 5.69. The highest BCUT2D eigenvalue weighted by Gasteiger charge is 2.14. The van der Waals surface area contributed by atoms with Crippen molar-refractivity contribution in [1.29, 1.82) is 0 Å². The number of nitrogens with one attached hydrogen (secondary N) is 1. The molecule has 0 aliphatic rings. The van der Waals surface area contributed by atoms with E-state index < -0.39 is 6.10 Å². The summed E-state index contributed by atoms with van der Waals surface area (Å²) >= 11 is 0. The van der Waals surface area contributed by atoms with Gasteiger partial charge < -0.3 is 10.0 Å². The third-order valence-electron chi connectivity index (χ3n) is 3.07. The average molecular weight is 285 g/mol. The Hall–Kier alpha value is -2.53. The van der Waals surface area contributed by atoms with Gasteiger partial charge in [0.15, 0.2) is 0 Å². The number of nitrogens with zero attached hydrogens (tertiary/aromatic N) is 1. The molecule has 0 unspecified atom stereocenters. The van der Waals surface area contributed by atoms with Crippen LogP contribution >= 0.6 is 0 Å². The highest BCUT2D eigenvalue weighted by Crippen LogP contribution is 2.24. The van der Waals surface area contributed by atoms with E-state index in [0.29, 0.717) is 13.1 Å². The predicted octanol–water partition coefficient (Wildman–Crippen LogP) is -0.460. The summed E-state index contributed by atoms with van der Waals surface area (Å²) in [5.74, 6) is 0.111. The lowest BCUT2D eigenvalue weighted by Crippen LogP contribution is -2.80. The van der Waals surface area contributed by atoms with Gasteiger partial charge in [0.25, 0.3) is 0 Å². The van der Waals surface area contributed by atoms with Crippen LogP contribution in [-0.2, 0) is 0 Å². The number of para-hydroxylation sites is 2. The van der Waals surface area contributed by atoms with Gasteiger partial charge in [-0.1, -0.05) is 36.4 Å². The first-order chi connectivity index (χ1) is 10.2. The maximum atomic E-state index is 10.2. The highest BCUT2D eigenvalue weighted by atomic mass is 16.3. The number of guanidine groups is 1. The fourth-order valence-electron chi connectivity index (χ4n) is 2.09. The van der Waals surface area contributed by atoms with Crippen molar-refractivity contribution in [3.63, 3.8) is 0 Å². The molecule has 2 aromatic rings. The van der Waals surface area contributed by atoms with Crippen molar-refractivity contribution in [1.82, 2.24) is 0 Å². The van der Waals surface area contributed by atoms with Crippen LogP contribution in [0.25, 0.3) is 0 Å². The summed E-state index contributed by atoms with van der Waals surface area (Å²) in [6.07, 6.45) is -0.604. The summed E-state index contributed by atoms with van der Waals surface area (Å²) in [5.41, 5.74) is 12.7. The Balaban J connectivity index is 2.19. The summed E-state index contributed by atoms with van der Waals surface area (Å²) in [6, 6.07) is 19.9. The Morgan fingerprint density at radius 3 is 1.86 bits per heavy atom. The molecule has 0 spiro atoms. The topological polar surface area (TPSA) is 89.5 Å². The van der Waals surface area contributed by atoms with Crippen molar-refractivity contribution in [2.75, 3.05) is 18.0 Å². The third kappa shape index (κ3) is 4.50. The average Bonchev–Trinajstić information content (AvgIpc) is 2.52. The zero-order valence-electron chi connectivity index (χ0n) is 11.8. The quantitative estimate of drug-likeness (QED) is 0.427. The van der Waals surface area contributed by atoms with Crippen molar-refractivity contribution in [3.05, 3.63) is 60.7 Å². The van der Waals surface area contributed by atoms with Gasteiger partial charge in [0.05, 0.1) is 13.1 Å². The monoisotopic (exact) mass is 285 g/mol. The van der Waals surface area contributed by atoms with Crippen molar-refractivity contribution in [2.45, 2.75) is 6.10 Å². The van der Waals surface area contributed by atoms with Crippen LogP contribution in [0, 0.1) is 0 Å². The first-order valence-electron chi connectivity index (χ1n) is 6.84. The normalized spacial score (nSPS) is 11.7. The fraction of sp³-hybridized carbons (Fsp3) is 0.188. The number of nitrogens with two attached hydrogens (primary N) is 2. The van der Waals surface area contributed by atoms with Crippen molar-refractivity contribution < 1.29 is 10.1 Å². The molecule has 2 rings (SSSR count). The lowest BCUT2D eigenvalue weighted by Gasteiger charge is -2.26. The van der Waals surface area contributed by atoms with E-state index in [0.717, 1.165) is 11.4 Å². The van der Waals surface area contributed by atoms with E-state index in [1.54, 1.807) is 0 Å². The molecular weight excluding hydrogens is 264 g/mol. The number of rotatable bonds is 6. The van der Waals surface area contributed by atoms with Gasteiger partial charge in [-0.05, 0) is 24.3 Å². The molecule has 0 amide bonds. The second-order valence-corrected chi connectivity index (χ2v) is 4.77. The SMILES string of the molecule is NC(N)=[NH+]C[C@@H](O)CN(c1ccccc1)c1ccccc1. The molecule has 0 heterocycles. The molecule has 5 heteroatoms. The Kier molecular flexibility index (Phi) is 5.17. The van der Waals surface area contributed by atoms with Crippen molar-refractivity contribution >= 4 is 17.3 Å². The van der Waals surface area contributed by atoms with Gasteiger partial charge in [0.1, 0.15) is 6.10 Å². The maximum Gasteiger partial charge on any atom is 0.338 e. The lowest BCUT2D eigenvalue weighted by molar-refractivity contribution is -0.470. The van der Waals surface area contributed by atoms with Crippen LogP contribution in [0.15, 0.2) is 60.7 Å². The molecule has 0 aromatic heterocycles. The van der Waals surface area contributed by atoms with Crippen LogP contribution in [0.2, 0.25) is 0 Å². The summed E-state index contributed by atoms with van der Waals surface area (Å²) in [5, 5.41) is 10.2. The van der Waals surface area contributed by atoms with Gasteiger partial charge in [0, 0.05) is 11.4 Å². The van der Waals surface area contributed by atoms with Crippen molar-refractivity contribution in [2.24, 2.45) is 11.5 Å². The zero-order chi connectivity index (χ0) is 15.1. The van der Waals surface area contributed by atoms with Gasteiger partial charge in [0.2, 0.25) is 0 Å². The third-order valence-corrected chi connectivity index (χ3v) is 3.07. The van der Waals surface area contributed by atoms with Gasteiger partial charge >= 0.3 is 5.96 Å². The molecule has 0 saturated carbocycles. The van der Waals surface area contributed by atoms with Crippen LogP contribution in [-0.4, -0.2) is 30.3 Å². The fourth-order valence-corrected chi connectivity index (χ4v) is 2.09. The number of anilines is 2. The standard InChI is InChI=1S/C16H20N4O/c17-16(18)19-11-15(21)12-20(13-7-3-1-4-8-13)14-9-5-2-6-10-14/h1-10,15,21H,11-12H2,(H4,17,18,19)/p+1/t15-/m1/s1. The Morgan fingerprint density at radius 1 is 0.952 bits per heavy atom. The Labute approximate surface area is 124 Å². The molecule has 0 saturated heterocycles. The van der Waals surface area contributed by atoms with Gasteiger partial charge in [-0.3, -0.25) is 16.5 Å². The second kappa shape index (κ2) is 7.31. The maximum absolute atomic E-state index is 10.2. The van der Waals surface area contributed by atoms with E-state index in [1.807, 2.05) is 60.7 Å². The molecule has 0 fully saturated rings. The van der Waals surface area contributed by atoms with Crippen LogP contribution < -0.4 is 21.4 Å². The van der Waals surface area contributed by atoms with Crippen LogP contribution in [0.1, 0.15) is 0 Å². The lowest BCUT2D eigenvalue weighted by atomic mass is 10.2. The number of benzene rings is 2. The van der Waals surface area contributed by atoms with E-state index in [4.69, 9.17) is 11.5 Å². The molecular formula is C16H21N4O+. The summed E-state index contributed by atoms with van der Waals surface area (Å²) < 4.78 is 0. The van der Waals surface area contributed by atoms with E-state index in [-0.39, 0.29) is 5.96 Å². The van der Waals surface area contributed by atoms with Gasteiger partial charge in [-0.15, -0.1) is 0 Å². The van der Waals surface area contributed by atoms with Crippen LogP contribution in [0.3, 0.4) is 0 Å². The molecule has 2 aromatic carbocycles. The van der Waals surface area contributed by atoms with Crippen LogP contribution in [0.5, 0.6) is 0 Å². The minimum absolute atomic E-state index is 0.111. The van der Waals surface area contributed by atoms with E-state index in [9.17, 15) is 5.11 Å². The largest absolute Gasteiger partial charge is 0.388 e. The number of aliphatic hydroxyl groups excluding tert-OH is 1. The molecule has 0 bridgehead atoms. The molecule has 0 aliphatic carbocycles. The molecule has 0 aliphatic heterocycles. The first kappa shape index (κ1) is 14.9. The van der Waals surface area contributed by atoms with Gasteiger partial charge in [-0.2, -0.15) is 0 Å². The Bertz CT molecular complexity index is 528. The number of hydrogen-bond donors (Lipinski definition) is 4. The molecule has 21 heavy (non-hydrogen) atoms. The minimum Gasteiger partial charge on any atom is -0.388 e. The van der Waals surface area contributed by atoms with E-state index in [2.05, 4.69) is 9.89 Å². The smallest absolute Gasteiger partial charge is 0.338 e. The number of hydrogen-bond acceptors (Lipinski definition) is 2. The van der Waals surface area contributed by atoms with Crippen LogP contribution in [0.4, 0.5) is 11.4 Å². The minimum atomic E-state index is -0.604. The zero-order valence-corrected chi connectivity index (χ0v) is 11.8. The molecule has 5 nitrogen and oxygen atoms in total. The molecule has 6 N–H and O–H groups in total. The summed E-state index contributed by atoms with van der Waals surface area (Å²) in [7, 11) is 0. The summed E-state index contributed by atoms with van der Waals surface area (Å²) in [6.45, 7) is 0.743. The second-order valence-electron chi connectivity index (χ2n) is 4.77. The van der Waals surface area contributed by atoms with Gasteiger partial charge in [-0.25, -0.2) is 0 Å². The predicted molar refractivity (Wildman–Crippen MR) is 85.1 cm³/mol. The summed E-state index contributed by atoms with van der Waals surface area (Å²) in [4.78, 5) is 4.80. The van der Waals surface area contributed by atoms with E-state index in [1.165, 1.54) is 0 Å². The first-order valence-corrected chi connectivity index (χ1v) is 6.84. The van der Waals surface area contributed by atoms with E-state index >= 15 is 0 Å².